The molecule has 0 saturated heterocycles. The fourth-order valence-electron chi connectivity index (χ4n) is 2.49. The molecule has 3 aromatic rings. The van der Waals surface area contributed by atoms with Gasteiger partial charge in [-0.1, -0.05) is 37.3 Å². The van der Waals surface area contributed by atoms with Gasteiger partial charge in [-0.15, -0.1) is 0 Å². The maximum absolute atomic E-state index is 5.77. The van der Waals surface area contributed by atoms with Gasteiger partial charge < -0.3 is 0 Å². The molecule has 3 N–H and O–H groups in total. The first kappa shape index (κ1) is 13.7. The molecule has 2 aromatic carbocycles. The van der Waals surface area contributed by atoms with Gasteiger partial charge in [-0.3, -0.25) is 15.8 Å². The van der Waals surface area contributed by atoms with E-state index in [1.165, 1.54) is 5.56 Å². The Balaban J connectivity index is 2.00. The summed E-state index contributed by atoms with van der Waals surface area (Å²) in [6, 6.07) is 14.5. The van der Waals surface area contributed by atoms with Gasteiger partial charge in [0.1, 0.15) is 0 Å². The van der Waals surface area contributed by atoms with Gasteiger partial charge in [-0.05, 0) is 35.2 Å². The Hall–Kier alpha value is -2.30. The zero-order valence-corrected chi connectivity index (χ0v) is 12.0. The lowest BCUT2D eigenvalue weighted by molar-refractivity contribution is 0.637. The minimum absolute atomic E-state index is 0.0534. The number of aromatic nitrogens is 2. The molecule has 0 amide bonds. The lowest BCUT2D eigenvalue weighted by atomic mass is 9.97. The second-order valence-corrected chi connectivity index (χ2v) is 5.00. The Morgan fingerprint density at radius 1 is 0.952 bits per heavy atom. The van der Waals surface area contributed by atoms with Crippen molar-refractivity contribution < 1.29 is 0 Å². The summed E-state index contributed by atoms with van der Waals surface area (Å²) in [5, 5.41) is 0. The van der Waals surface area contributed by atoms with Crippen molar-refractivity contribution in [1.82, 2.24) is 15.4 Å². The number of hydrazine groups is 1. The predicted molar refractivity (Wildman–Crippen MR) is 84.5 cm³/mol. The van der Waals surface area contributed by atoms with Crippen molar-refractivity contribution >= 4 is 11.0 Å². The Labute approximate surface area is 124 Å². The Morgan fingerprint density at radius 2 is 1.62 bits per heavy atom. The molecular formula is C17H18N4. The van der Waals surface area contributed by atoms with Crippen molar-refractivity contribution in [3.8, 4) is 0 Å². The number of nitrogens with zero attached hydrogens (tertiary/aromatic N) is 2. The predicted octanol–water partition coefficient (Wildman–Crippen LogP) is 2.74. The van der Waals surface area contributed by atoms with E-state index in [9.17, 15) is 0 Å². The van der Waals surface area contributed by atoms with Crippen LogP contribution in [0.15, 0.2) is 54.9 Å². The van der Waals surface area contributed by atoms with Gasteiger partial charge in [0.05, 0.1) is 17.1 Å². The average Bonchev–Trinajstić information content (AvgIpc) is 2.56. The van der Waals surface area contributed by atoms with E-state index in [1.54, 1.807) is 12.4 Å². The van der Waals surface area contributed by atoms with Crippen LogP contribution in [0.1, 0.15) is 29.7 Å². The fourth-order valence-corrected chi connectivity index (χ4v) is 2.49. The molecule has 0 spiro atoms. The second kappa shape index (κ2) is 5.99. The highest BCUT2D eigenvalue weighted by molar-refractivity contribution is 5.74. The Kier molecular flexibility index (Phi) is 3.90. The van der Waals surface area contributed by atoms with Crippen LogP contribution in [-0.2, 0) is 6.42 Å². The Morgan fingerprint density at radius 3 is 2.29 bits per heavy atom. The van der Waals surface area contributed by atoms with Crippen molar-refractivity contribution in [3.63, 3.8) is 0 Å². The summed E-state index contributed by atoms with van der Waals surface area (Å²) < 4.78 is 0. The smallest absolute Gasteiger partial charge is 0.0890 e. The van der Waals surface area contributed by atoms with Crippen molar-refractivity contribution in [2.24, 2.45) is 5.84 Å². The van der Waals surface area contributed by atoms with Crippen LogP contribution in [0.25, 0.3) is 11.0 Å². The largest absolute Gasteiger partial charge is 0.271 e. The van der Waals surface area contributed by atoms with Crippen LogP contribution >= 0.6 is 0 Å². The summed E-state index contributed by atoms with van der Waals surface area (Å²) in [5.41, 5.74) is 8.19. The summed E-state index contributed by atoms with van der Waals surface area (Å²) in [6.07, 6.45) is 4.43. The molecule has 0 saturated carbocycles. The summed E-state index contributed by atoms with van der Waals surface area (Å²) >= 11 is 0. The molecule has 21 heavy (non-hydrogen) atoms. The SMILES string of the molecule is CCc1ccc(C(NN)c2ccc3nccnc3c2)cc1. The van der Waals surface area contributed by atoms with Crippen LogP contribution in [0.2, 0.25) is 0 Å². The van der Waals surface area contributed by atoms with Gasteiger partial charge in [0, 0.05) is 12.4 Å². The van der Waals surface area contributed by atoms with E-state index in [0.29, 0.717) is 0 Å². The number of nitrogens with two attached hydrogens (primary N) is 1. The molecule has 4 heteroatoms. The molecule has 1 heterocycles. The van der Waals surface area contributed by atoms with Crippen LogP contribution in [-0.4, -0.2) is 9.97 Å². The monoisotopic (exact) mass is 278 g/mol. The van der Waals surface area contributed by atoms with Crippen LogP contribution in [0.5, 0.6) is 0 Å². The first-order valence-electron chi connectivity index (χ1n) is 7.07. The van der Waals surface area contributed by atoms with Gasteiger partial charge in [0.2, 0.25) is 0 Å². The first-order valence-corrected chi connectivity index (χ1v) is 7.07. The molecule has 0 bridgehead atoms. The molecule has 3 rings (SSSR count). The number of hydrogen-bond donors (Lipinski definition) is 2. The van der Waals surface area contributed by atoms with E-state index in [4.69, 9.17) is 5.84 Å². The van der Waals surface area contributed by atoms with E-state index in [0.717, 1.165) is 28.6 Å². The van der Waals surface area contributed by atoms with Crippen LogP contribution in [0.3, 0.4) is 0 Å². The normalized spacial score (nSPS) is 12.5. The molecule has 106 valence electrons. The number of aryl methyl sites for hydroxylation is 1. The molecule has 1 aromatic heterocycles. The third-order valence-electron chi connectivity index (χ3n) is 3.71. The molecule has 1 unspecified atom stereocenters. The summed E-state index contributed by atoms with van der Waals surface area (Å²) in [4.78, 5) is 8.64. The molecule has 0 aliphatic carbocycles. The standard InChI is InChI=1S/C17H18N4/c1-2-12-3-5-13(6-4-12)17(21-18)14-7-8-15-16(11-14)20-10-9-19-15/h3-11,17,21H,2,18H2,1H3. The number of rotatable bonds is 4. The van der Waals surface area contributed by atoms with E-state index < -0.39 is 0 Å². The highest BCUT2D eigenvalue weighted by atomic mass is 15.2. The van der Waals surface area contributed by atoms with Crippen molar-refractivity contribution in [2.75, 3.05) is 0 Å². The number of benzene rings is 2. The minimum atomic E-state index is -0.0534. The van der Waals surface area contributed by atoms with E-state index in [1.807, 2.05) is 18.2 Å². The molecule has 0 fully saturated rings. The molecular weight excluding hydrogens is 260 g/mol. The highest BCUT2D eigenvalue weighted by Gasteiger charge is 2.13. The lowest BCUT2D eigenvalue weighted by Crippen LogP contribution is -2.28. The topological polar surface area (TPSA) is 63.8 Å². The molecule has 1 atom stereocenters. The maximum atomic E-state index is 5.77. The van der Waals surface area contributed by atoms with Gasteiger partial charge >= 0.3 is 0 Å². The third kappa shape index (κ3) is 2.77. The van der Waals surface area contributed by atoms with Gasteiger partial charge in [0.25, 0.3) is 0 Å². The van der Waals surface area contributed by atoms with Crippen LogP contribution in [0.4, 0.5) is 0 Å². The first-order chi connectivity index (χ1) is 10.3. The number of fused-ring (bicyclic) bond motifs is 1. The average molecular weight is 278 g/mol. The van der Waals surface area contributed by atoms with E-state index in [-0.39, 0.29) is 6.04 Å². The zero-order chi connectivity index (χ0) is 14.7. The number of hydrogen-bond acceptors (Lipinski definition) is 4. The summed E-state index contributed by atoms with van der Waals surface area (Å²) in [5.74, 6) is 5.77. The fraction of sp³-hybridized carbons (Fsp3) is 0.176. The van der Waals surface area contributed by atoms with Gasteiger partial charge in [-0.25, -0.2) is 5.43 Å². The quantitative estimate of drug-likeness (QED) is 0.569. The number of nitrogens with one attached hydrogen (secondary N) is 1. The van der Waals surface area contributed by atoms with Gasteiger partial charge in [-0.2, -0.15) is 0 Å². The minimum Gasteiger partial charge on any atom is -0.271 e. The van der Waals surface area contributed by atoms with Crippen molar-refractivity contribution in [2.45, 2.75) is 19.4 Å². The van der Waals surface area contributed by atoms with Crippen LogP contribution in [0, 0.1) is 0 Å². The van der Waals surface area contributed by atoms with E-state index in [2.05, 4.69) is 46.6 Å². The van der Waals surface area contributed by atoms with E-state index >= 15 is 0 Å². The summed E-state index contributed by atoms with van der Waals surface area (Å²) in [6.45, 7) is 2.15. The molecule has 0 aliphatic heterocycles. The molecule has 0 aliphatic rings. The van der Waals surface area contributed by atoms with Gasteiger partial charge in [0.15, 0.2) is 0 Å². The highest BCUT2D eigenvalue weighted by Crippen LogP contribution is 2.24. The van der Waals surface area contributed by atoms with Crippen molar-refractivity contribution in [3.05, 3.63) is 71.5 Å². The maximum Gasteiger partial charge on any atom is 0.0890 e. The second-order valence-electron chi connectivity index (χ2n) is 5.00. The Bertz CT molecular complexity index is 737. The third-order valence-corrected chi connectivity index (χ3v) is 3.71. The molecule has 0 radical (unpaired) electrons. The summed E-state index contributed by atoms with van der Waals surface area (Å²) in [7, 11) is 0. The molecule has 4 nitrogen and oxygen atoms in total. The zero-order valence-electron chi connectivity index (χ0n) is 12.0. The van der Waals surface area contributed by atoms with Crippen molar-refractivity contribution in [1.29, 1.82) is 0 Å². The van der Waals surface area contributed by atoms with Crippen LogP contribution < -0.4 is 11.3 Å². The lowest BCUT2D eigenvalue weighted by Gasteiger charge is -2.17.